The molecule has 0 saturated heterocycles. The van der Waals surface area contributed by atoms with E-state index in [1.54, 1.807) is 0 Å². The van der Waals surface area contributed by atoms with E-state index < -0.39 is 25.6 Å². The van der Waals surface area contributed by atoms with Gasteiger partial charge < -0.3 is 0 Å². The van der Waals surface area contributed by atoms with Gasteiger partial charge in [0.15, 0.2) is 0 Å². The molecule has 0 spiro atoms. The van der Waals surface area contributed by atoms with Crippen LogP contribution < -0.4 is 31.8 Å². The maximum atomic E-state index is 15.6. The molecule has 8 heteroatoms. The number of benzene rings is 10. The number of carbonyl (C=O) groups excluding carboxylic acids is 2. The van der Waals surface area contributed by atoms with E-state index in [1.165, 1.54) is 21.6 Å². The van der Waals surface area contributed by atoms with E-state index in [1.807, 2.05) is 194 Å². The summed E-state index contributed by atoms with van der Waals surface area (Å²) >= 11 is 0. The van der Waals surface area contributed by atoms with Crippen LogP contribution in [0, 0.1) is 0 Å². The number of hydrogen-bond donors (Lipinski definition) is 0. The van der Waals surface area contributed by atoms with Gasteiger partial charge in [-0.1, -0.05) is 0 Å². The fourth-order valence-corrected chi connectivity index (χ4v) is 23.7. The molecule has 10 aromatic rings. The van der Waals surface area contributed by atoms with E-state index in [0.717, 1.165) is 43.0 Å². The first-order chi connectivity index (χ1) is 35.4. The van der Waals surface area contributed by atoms with Crippen molar-refractivity contribution in [3.63, 3.8) is 0 Å². The van der Waals surface area contributed by atoms with E-state index in [4.69, 9.17) is 9.05 Å². The van der Waals surface area contributed by atoms with E-state index in [-0.39, 0.29) is 0 Å². The number of hydrogen-bond acceptors (Lipinski definition) is 6. The van der Waals surface area contributed by atoms with Gasteiger partial charge in [-0.05, 0) is 0 Å². The zero-order valence-corrected chi connectivity index (χ0v) is 42.9. The second kappa shape index (κ2) is 21.2. The third-order valence-electron chi connectivity index (χ3n) is 13.5. The van der Waals surface area contributed by atoms with Gasteiger partial charge in [-0.3, -0.25) is 0 Å². The predicted molar refractivity (Wildman–Crippen MR) is 306 cm³/mol. The first-order valence-corrected chi connectivity index (χ1v) is 30.7. The van der Waals surface area contributed by atoms with Gasteiger partial charge in [0.1, 0.15) is 0 Å². The third kappa shape index (κ3) is 8.91. The van der Waals surface area contributed by atoms with Crippen LogP contribution in [0.5, 0.6) is 0 Å². The molecule has 0 bridgehead atoms. The van der Waals surface area contributed by atoms with E-state index in [9.17, 15) is 0 Å². The van der Waals surface area contributed by atoms with Crippen molar-refractivity contribution in [2.24, 2.45) is 0 Å². The summed E-state index contributed by atoms with van der Waals surface area (Å²) in [5.74, 6) is -0.883. The van der Waals surface area contributed by atoms with Crippen molar-refractivity contribution < 1.29 is 18.6 Å². The fourth-order valence-electron chi connectivity index (χ4n) is 10.1. The summed E-state index contributed by atoms with van der Waals surface area (Å²) in [7, 11) is 2.84. The summed E-state index contributed by atoms with van der Waals surface area (Å²) in [6.45, 7) is -8.41. The van der Waals surface area contributed by atoms with Crippen molar-refractivity contribution in [3.8, 4) is 0 Å². The first kappa shape index (κ1) is 48.3. The van der Waals surface area contributed by atoms with E-state index in [0.29, 0.717) is 33.2 Å². The van der Waals surface area contributed by atoms with Crippen molar-refractivity contribution in [3.05, 3.63) is 313 Å². The van der Waals surface area contributed by atoms with Gasteiger partial charge in [-0.2, -0.15) is 0 Å². The quantitative estimate of drug-likeness (QED) is 0.0669. The number of carbonyl (C=O) groups is 2. The van der Waals surface area contributed by atoms with Gasteiger partial charge >= 0.3 is 433 Å². The second-order valence-electron chi connectivity index (χ2n) is 17.6. The molecule has 4 nitrogen and oxygen atoms in total. The van der Waals surface area contributed by atoms with Crippen LogP contribution in [0.4, 0.5) is 0 Å². The standard InChI is InChI=1S/C64H52O4P2S2/c65-63(67-69(53-33-13-3-14-34-53,54-35-15-4-16-36-54,55-37-17-5-18-38-55)49-51-29-9-1-10-30-51)59-45-25-27-47-61(59)71-72-62-48-28-26-46-60(62)64(66)68-70(56-39-19-6-20-40-56,57-41-21-7-22-42-57,58-43-23-8-24-44-58)50-52-31-11-2-12-32-52/h1-48H,49-50H2. The second-order valence-corrected chi connectivity index (χ2v) is 28.8. The van der Waals surface area contributed by atoms with Crippen LogP contribution in [0.2, 0.25) is 0 Å². The Morgan fingerprint density at radius 3 is 0.736 bits per heavy atom. The van der Waals surface area contributed by atoms with Crippen molar-refractivity contribution >= 4 is 79.0 Å². The molecule has 0 aliphatic carbocycles. The molecular formula is C64H52O4P2S2. The van der Waals surface area contributed by atoms with Gasteiger partial charge in [-0.15, -0.1) is 0 Å². The van der Waals surface area contributed by atoms with E-state index >= 15 is 9.59 Å². The zero-order chi connectivity index (χ0) is 49.2. The van der Waals surface area contributed by atoms with Crippen molar-refractivity contribution in [1.82, 2.24) is 0 Å². The summed E-state index contributed by atoms with van der Waals surface area (Å²) in [5, 5.41) is 5.64. The van der Waals surface area contributed by atoms with Crippen molar-refractivity contribution in [2.45, 2.75) is 22.1 Å². The molecule has 0 radical (unpaired) electrons. The molecule has 0 atom stereocenters. The molecule has 0 heterocycles. The van der Waals surface area contributed by atoms with Gasteiger partial charge in [0.05, 0.1) is 0 Å². The van der Waals surface area contributed by atoms with Crippen LogP contribution in [-0.2, 0) is 21.4 Å². The minimum absolute atomic E-state index is 0.421. The Morgan fingerprint density at radius 1 is 0.278 bits per heavy atom. The van der Waals surface area contributed by atoms with Crippen LogP contribution in [0.15, 0.2) is 301 Å². The summed E-state index contributed by atoms with van der Waals surface area (Å²) in [6, 6.07) is 97.4. The van der Waals surface area contributed by atoms with Crippen molar-refractivity contribution in [1.29, 1.82) is 0 Å². The van der Waals surface area contributed by atoms with Gasteiger partial charge in [0, 0.05) is 0 Å². The zero-order valence-electron chi connectivity index (χ0n) is 39.5. The van der Waals surface area contributed by atoms with Gasteiger partial charge in [0.25, 0.3) is 0 Å². The molecule has 0 N–H and O–H groups in total. The topological polar surface area (TPSA) is 52.6 Å². The number of rotatable bonds is 17. The molecule has 10 rings (SSSR count). The molecule has 0 saturated carbocycles. The molecule has 0 aromatic heterocycles. The summed E-state index contributed by atoms with van der Waals surface area (Å²) in [6.07, 6.45) is 0.889. The Bertz CT molecular complexity index is 2980. The Labute approximate surface area is 430 Å². The van der Waals surface area contributed by atoms with Crippen molar-refractivity contribution in [2.75, 3.05) is 0 Å². The van der Waals surface area contributed by atoms with Crippen LogP contribution in [0.25, 0.3) is 0 Å². The third-order valence-corrected chi connectivity index (χ3v) is 27.4. The van der Waals surface area contributed by atoms with Crippen LogP contribution in [-0.4, -0.2) is 11.9 Å². The van der Waals surface area contributed by atoms with Gasteiger partial charge in [0.2, 0.25) is 0 Å². The van der Waals surface area contributed by atoms with Crippen LogP contribution in [0.1, 0.15) is 31.8 Å². The normalized spacial score (nSPS) is 12.6. The molecular weight excluding hydrogens is 959 g/mol. The average Bonchev–Trinajstić information content (AvgIpc) is 3.46. The molecule has 0 unspecified atom stereocenters. The molecule has 10 aromatic carbocycles. The summed E-state index contributed by atoms with van der Waals surface area (Å²) < 4.78 is 15.1. The molecule has 72 heavy (non-hydrogen) atoms. The summed E-state index contributed by atoms with van der Waals surface area (Å²) in [5.41, 5.74) is 2.94. The average molecular weight is 1010 g/mol. The molecule has 0 fully saturated rings. The Hall–Kier alpha value is -7.30. The minimum atomic E-state index is -4.20. The SMILES string of the molecule is O=C(OP(Cc1ccccc1)(c1ccccc1)(c1ccccc1)c1ccccc1)c1ccccc1SSc1ccccc1C(=O)OP(Cc1ccccc1)(c1ccccc1)(c1ccccc1)c1ccccc1. The predicted octanol–water partition coefficient (Wildman–Crippen LogP) is 14.1. The molecule has 0 aliphatic rings. The van der Waals surface area contributed by atoms with Crippen LogP contribution >= 0.6 is 35.2 Å². The monoisotopic (exact) mass is 1010 g/mol. The Balaban J connectivity index is 1.06. The fraction of sp³-hybridized carbons (Fsp3) is 0.0312. The first-order valence-electron chi connectivity index (χ1n) is 23.9. The molecule has 0 amide bonds. The summed E-state index contributed by atoms with van der Waals surface area (Å²) in [4.78, 5) is 32.7. The molecule has 354 valence electrons. The maximum absolute atomic E-state index is 15.6. The molecule has 0 aliphatic heterocycles. The Morgan fingerprint density at radius 2 is 0.486 bits per heavy atom. The van der Waals surface area contributed by atoms with Crippen LogP contribution in [0.3, 0.4) is 0 Å². The van der Waals surface area contributed by atoms with E-state index in [2.05, 4.69) is 97.1 Å². The van der Waals surface area contributed by atoms with Gasteiger partial charge in [-0.25, -0.2) is 0 Å². The Kier molecular flexibility index (Phi) is 14.2.